The standard InChI is InChI=1S/C11H11ClO4S/c1-16-11(13)9-5-4-8(7-2-3-7)6-10(9)17(12,14)15/h4-7H,2-3H2,1H3. The van der Waals surface area contributed by atoms with Gasteiger partial charge in [-0.1, -0.05) is 6.07 Å². The van der Waals surface area contributed by atoms with E-state index in [-0.39, 0.29) is 10.5 Å². The maximum atomic E-state index is 11.4. The molecule has 1 saturated carbocycles. The Labute approximate surface area is 104 Å². The van der Waals surface area contributed by atoms with Gasteiger partial charge in [-0.25, -0.2) is 13.2 Å². The van der Waals surface area contributed by atoms with Crippen LogP contribution in [0.3, 0.4) is 0 Å². The number of esters is 1. The van der Waals surface area contributed by atoms with Crippen LogP contribution in [0.25, 0.3) is 0 Å². The minimum atomic E-state index is -3.95. The molecule has 0 atom stereocenters. The van der Waals surface area contributed by atoms with Gasteiger partial charge in [0.15, 0.2) is 0 Å². The van der Waals surface area contributed by atoms with Gasteiger partial charge in [0.25, 0.3) is 9.05 Å². The average molecular weight is 275 g/mol. The molecule has 0 aromatic heterocycles. The van der Waals surface area contributed by atoms with E-state index in [0.29, 0.717) is 5.92 Å². The quantitative estimate of drug-likeness (QED) is 0.627. The van der Waals surface area contributed by atoms with Crippen LogP contribution in [-0.4, -0.2) is 21.5 Å². The highest BCUT2D eigenvalue weighted by Crippen LogP contribution is 2.41. The van der Waals surface area contributed by atoms with Crippen LogP contribution < -0.4 is 0 Å². The minimum absolute atomic E-state index is 0.0214. The fraction of sp³-hybridized carbons (Fsp3) is 0.364. The molecule has 1 aromatic rings. The fourth-order valence-electron chi connectivity index (χ4n) is 1.69. The lowest BCUT2D eigenvalue weighted by molar-refractivity contribution is 0.0596. The number of carbonyl (C=O) groups is 1. The molecule has 1 aromatic carbocycles. The molecule has 0 heterocycles. The molecular weight excluding hydrogens is 264 g/mol. The van der Waals surface area contributed by atoms with E-state index in [2.05, 4.69) is 4.74 Å². The summed E-state index contributed by atoms with van der Waals surface area (Å²) in [5, 5.41) is 0. The second-order valence-corrected chi connectivity index (χ2v) is 6.49. The van der Waals surface area contributed by atoms with Crippen LogP contribution in [0.4, 0.5) is 0 Å². The molecule has 1 fully saturated rings. The summed E-state index contributed by atoms with van der Waals surface area (Å²) < 4.78 is 27.4. The highest BCUT2D eigenvalue weighted by Gasteiger charge is 2.28. The van der Waals surface area contributed by atoms with Gasteiger partial charge in [-0.2, -0.15) is 0 Å². The molecule has 2 rings (SSSR count). The molecule has 1 aliphatic carbocycles. The van der Waals surface area contributed by atoms with E-state index in [9.17, 15) is 13.2 Å². The van der Waals surface area contributed by atoms with Crippen LogP contribution >= 0.6 is 10.7 Å². The SMILES string of the molecule is COC(=O)c1ccc(C2CC2)cc1S(=O)(=O)Cl. The zero-order valence-corrected chi connectivity index (χ0v) is 10.7. The number of hydrogen-bond acceptors (Lipinski definition) is 4. The van der Waals surface area contributed by atoms with E-state index in [1.54, 1.807) is 6.07 Å². The van der Waals surface area contributed by atoms with Crippen LogP contribution in [0.5, 0.6) is 0 Å². The van der Waals surface area contributed by atoms with Crippen molar-refractivity contribution in [2.45, 2.75) is 23.7 Å². The Kier molecular flexibility index (Phi) is 3.14. The lowest BCUT2D eigenvalue weighted by Crippen LogP contribution is -2.08. The molecule has 1 aliphatic rings. The molecule has 0 saturated heterocycles. The van der Waals surface area contributed by atoms with Crippen LogP contribution in [0, 0.1) is 0 Å². The van der Waals surface area contributed by atoms with Gasteiger partial charge in [-0.3, -0.25) is 0 Å². The first-order valence-electron chi connectivity index (χ1n) is 5.10. The second kappa shape index (κ2) is 4.31. The van der Waals surface area contributed by atoms with Gasteiger partial charge in [-0.05, 0) is 36.5 Å². The number of carbonyl (C=O) groups excluding carboxylic acids is 1. The van der Waals surface area contributed by atoms with Crippen molar-refractivity contribution < 1.29 is 17.9 Å². The Morgan fingerprint density at radius 3 is 2.53 bits per heavy atom. The molecule has 0 spiro atoms. The Hall–Kier alpha value is -1.07. The number of rotatable bonds is 3. The zero-order chi connectivity index (χ0) is 12.6. The van der Waals surface area contributed by atoms with Crippen molar-refractivity contribution in [2.24, 2.45) is 0 Å². The molecular formula is C11H11ClO4S. The first kappa shape index (κ1) is 12.4. The second-order valence-electron chi connectivity index (χ2n) is 3.96. The molecule has 0 aliphatic heterocycles. The van der Waals surface area contributed by atoms with E-state index < -0.39 is 15.0 Å². The predicted molar refractivity (Wildman–Crippen MR) is 62.8 cm³/mol. The van der Waals surface area contributed by atoms with E-state index >= 15 is 0 Å². The lowest BCUT2D eigenvalue weighted by Gasteiger charge is -2.07. The van der Waals surface area contributed by atoms with Crippen LogP contribution in [0.15, 0.2) is 23.1 Å². The number of benzene rings is 1. The fourth-order valence-corrected chi connectivity index (χ4v) is 2.76. The summed E-state index contributed by atoms with van der Waals surface area (Å²) >= 11 is 0. The summed E-state index contributed by atoms with van der Waals surface area (Å²) in [5.74, 6) is -0.314. The first-order chi connectivity index (χ1) is 7.93. The van der Waals surface area contributed by atoms with Crippen molar-refractivity contribution in [3.05, 3.63) is 29.3 Å². The van der Waals surface area contributed by atoms with Gasteiger partial charge in [0.2, 0.25) is 0 Å². The number of ether oxygens (including phenoxy) is 1. The Morgan fingerprint density at radius 2 is 2.06 bits per heavy atom. The molecule has 92 valence electrons. The van der Waals surface area contributed by atoms with E-state index in [1.165, 1.54) is 19.2 Å². The van der Waals surface area contributed by atoms with Gasteiger partial charge in [-0.15, -0.1) is 0 Å². The van der Waals surface area contributed by atoms with E-state index in [1.807, 2.05) is 0 Å². The smallest absolute Gasteiger partial charge is 0.339 e. The maximum absolute atomic E-state index is 11.4. The monoisotopic (exact) mass is 274 g/mol. The number of halogens is 1. The Morgan fingerprint density at radius 1 is 1.41 bits per heavy atom. The zero-order valence-electron chi connectivity index (χ0n) is 9.14. The molecule has 0 bridgehead atoms. The third-order valence-corrected chi connectivity index (χ3v) is 4.08. The Balaban J connectivity index is 2.56. The minimum Gasteiger partial charge on any atom is -0.465 e. The van der Waals surface area contributed by atoms with Crippen molar-refractivity contribution in [3.63, 3.8) is 0 Å². The van der Waals surface area contributed by atoms with E-state index in [0.717, 1.165) is 18.4 Å². The number of hydrogen-bond donors (Lipinski definition) is 0. The highest BCUT2D eigenvalue weighted by molar-refractivity contribution is 8.13. The van der Waals surface area contributed by atoms with Crippen molar-refractivity contribution in [1.29, 1.82) is 0 Å². The maximum Gasteiger partial charge on any atom is 0.339 e. The summed E-state index contributed by atoms with van der Waals surface area (Å²) in [4.78, 5) is 11.3. The molecule has 0 N–H and O–H groups in total. The average Bonchev–Trinajstić information content (AvgIpc) is 3.10. The van der Waals surface area contributed by atoms with Crippen LogP contribution in [-0.2, 0) is 13.8 Å². The van der Waals surface area contributed by atoms with Gasteiger partial charge < -0.3 is 4.74 Å². The first-order valence-corrected chi connectivity index (χ1v) is 7.41. The molecule has 0 radical (unpaired) electrons. The van der Waals surface area contributed by atoms with Crippen LogP contribution in [0.2, 0.25) is 0 Å². The Bertz CT molecular complexity index is 561. The van der Waals surface area contributed by atoms with Gasteiger partial charge in [0.05, 0.1) is 17.6 Å². The molecule has 17 heavy (non-hydrogen) atoms. The highest BCUT2D eigenvalue weighted by atomic mass is 35.7. The van der Waals surface area contributed by atoms with Crippen LogP contribution in [0.1, 0.15) is 34.7 Å². The summed E-state index contributed by atoms with van der Waals surface area (Å²) in [6.07, 6.45) is 2.08. The molecule has 0 unspecified atom stereocenters. The summed E-state index contributed by atoms with van der Waals surface area (Å²) in [5.41, 5.74) is 0.878. The lowest BCUT2D eigenvalue weighted by atomic mass is 10.1. The van der Waals surface area contributed by atoms with Crippen molar-refractivity contribution >= 4 is 25.7 Å². The normalized spacial score (nSPS) is 15.6. The third kappa shape index (κ3) is 2.61. The topological polar surface area (TPSA) is 60.4 Å². The third-order valence-electron chi connectivity index (χ3n) is 2.72. The van der Waals surface area contributed by atoms with Gasteiger partial charge in [0.1, 0.15) is 0 Å². The van der Waals surface area contributed by atoms with Gasteiger partial charge in [0, 0.05) is 10.7 Å². The largest absolute Gasteiger partial charge is 0.465 e. The van der Waals surface area contributed by atoms with Crippen molar-refractivity contribution in [3.8, 4) is 0 Å². The van der Waals surface area contributed by atoms with Crippen molar-refractivity contribution in [1.82, 2.24) is 0 Å². The summed E-state index contributed by atoms with van der Waals surface area (Å²) in [7, 11) is 2.58. The molecule has 6 heteroatoms. The number of methoxy groups -OCH3 is 1. The summed E-state index contributed by atoms with van der Waals surface area (Å²) in [6.45, 7) is 0. The van der Waals surface area contributed by atoms with Gasteiger partial charge >= 0.3 is 5.97 Å². The molecule has 4 nitrogen and oxygen atoms in total. The van der Waals surface area contributed by atoms with Crippen molar-refractivity contribution in [2.75, 3.05) is 7.11 Å². The summed E-state index contributed by atoms with van der Waals surface area (Å²) in [6, 6.07) is 4.66. The predicted octanol–water partition coefficient (Wildman–Crippen LogP) is 2.28. The van der Waals surface area contributed by atoms with E-state index in [4.69, 9.17) is 10.7 Å². The molecule has 0 amide bonds.